The van der Waals surface area contributed by atoms with Gasteiger partial charge in [0.05, 0.1) is 12.2 Å². The first-order valence-electron chi connectivity index (χ1n) is 12.4. The summed E-state index contributed by atoms with van der Waals surface area (Å²) in [7, 11) is 0. The summed E-state index contributed by atoms with van der Waals surface area (Å²) in [6, 6.07) is 0. The number of hydrogen-bond donors (Lipinski definition) is 2. The van der Waals surface area contributed by atoms with Crippen LogP contribution in [0.4, 0.5) is 0 Å². The lowest BCUT2D eigenvalue weighted by Crippen LogP contribution is -2.53. The Bertz CT molecular complexity index is 674. The monoisotopic (exact) mass is 400 g/mol. The molecule has 2 N–H and O–H groups in total. The molecule has 0 aromatic carbocycles. The SMILES string of the molecule is CC(C)=CCC[C@@H](C)[C@H]1CC[C@H]2[C@@H]3CC=C4C[C@@H](O)[C@@H](O)C[C@]4(C)[C@H]3CC[C@]12C. The highest BCUT2D eigenvalue weighted by Crippen LogP contribution is 2.67. The molecule has 4 aliphatic carbocycles. The lowest BCUT2D eigenvalue weighted by atomic mass is 9.46. The molecule has 2 nitrogen and oxygen atoms in total. The van der Waals surface area contributed by atoms with Gasteiger partial charge in [-0.05, 0) is 112 Å². The van der Waals surface area contributed by atoms with Crippen LogP contribution in [-0.4, -0.2) is 22.4 Å². The minimum atomic E-state index is -0.558. The normalized spacial score (nSPS) is 47.5. The summed E-state index contributed by atoms with van der Waals surface area (Å²) in [6.45, 7) is 12.0. The minimum Gasteiger partial charge on any atom is -0.390 e. The van der Waals surface area contributed by atoms with Crippen molar-refractivity contribution >= 4 is 0 Å². The summed E-state index contributed by atoms with van der Waals surface area (Å²) in [4.78, 5) is 0. The topological polar surface area (TPSA) is 40.5 Å². The van der Waals surface area contributed by atoms with Crippen molar-refractivity contribution in [3.63, 3.8) is 0 Å². The summed E-state index contributed by atoms with van der Waals surface area (Å²) in [5.41, 5.74) is 3.51. The molecule has 9 atom stereocenters. The second kappa shape index (κ2) is 7.83. The first-order valence-corrected chi connectivity index (χ1v) is 12.4. The Labute approximate surface area is 178 Å². The molecule has 164 valence electrons. The molecular formula is C27H44O2. The summed E-state index contributed by atoms with van der Waals surface area (Å²) >= 11 is 0. The Hall–Kier alpha value is -0.600. The van der Waals surface area contributed by atoms with Gasteiger partial charge in [0.15, 0.2) is 0 Å². The molecule has 0 aliphatic heterocycles. The molecule has 2 heteroatoms. The predicted molar refractivity (Wildman–Crippen MR) is 120 cm³/mol. The van der Waals surface area contributed by atoms with Gasteiger partial charge in [-0.25, -0.2) is 0 Å². The van der Waals surface area contributed by atoms with Crippen molar-refractivity contribution in [2.24, 2.45) is 40.4 Å². The first kappa shape index (κ1) is 21.6. The second-order valence-corrected chi connectivity index (χ2v) is 11.9. The smallest absolute Gasteiger partial charge is 0.0836 e. The number of aliphatic hydroxyl groups is 2. The molecule has 3 fully saturated rings. The van der Waals surface area contributed by atoms with Crippen LogP contribution in [0.5, 0.6) is 0 Å². The number of fused-ring (bicyclic) bond motifs is 5. The number of allylic oxidation sites excluding steroid dienone is 3. The van der Waals surface area contributed by atoms with E-state index in [1.54, 1.807) is 0 Å². The maximum absolute atomic E-state index is 10.5. The van der Waals surface area contributed by atoms with E-state index in [0.717, 1.165) is 30.1 Å². The average Bonchev–Trinajstić information content (AvgIpc) is 3.00. The van der Waals surface area contributed by atoms with Gasteiger partial charge >= 0.3 is 0 Å². The van der Waals surface area contributed by atoms with E-state index < -0.39 is 12.2 Å². The highest BCUT2D eigenvalue weighted by molar-refractivity contribution is 5.26. The molecule has 0 bridgehead atoms. The van der Waals surface area contributed by atoms with E-state index in [1.165, 1.54) is 56.1 Å². The molecule has 0 saturated heterocycles. The van der Waals surface area contributed by atoms with Crippen LogP contribution in [0.2, 0.25) is 0 Å². The van der Waals surface area contributed by atoms with Gasteiger partial charge in [-0.1, -0.05) is 44.1 Å². The number of aliphatic hydroxyl groups excluding tert-OH is 2. The lowest BCUT2D eigenvalue weighted by molar-refractivity contribution is -0.0888. The van der Waals surface area contributed by atoms with Crippen molar-refractivity contribution in [3.8, 4) is 0 Å². The lowest BCUT2D eigenvalue weighted by Gasteiger charge is -2.59. The van der Waals surface area contributed by atoms with Crippen LogP contribution in [0.15, 0.2) is 23.3 Å². The number of hydrogen-bond acceptors (Lipinski definition) is 2. The molecule has 29 heavy (non-hydrogen) atoms. The molecule has 0 heterocycles. The largest absolute Gasteiger partial charge is 0.390 e. The Balaban J connectivity index is 1.52. The standard InChI is InChI=1S/C27H44O2/c1-17(2)7-6-8-18(3)21-11-12-22-20-10-9-19-15-24(28)25(29)16-27(19,5)23(20)13-14-26(21,22)4/h7,9,18,20-25,28-29H,6,8,10-16H2,1-5H3/t18-,20+,21-,22+,23+,24-,25+,26-,27+/m1/s1. The van der Waals surface area contributed by atoms with Gasteiger partial charge in [-0.3, -0.25) is 0 Å². The highest BCUT2D eigenvalue weighted by atomic mass is 16.3. The molecule has 0 unspecified atom stereocenters. The van der Waals surface area contributed by atoms with Crippen molar-refractivity contribution in [2.75, 3.05) is 0 Å². The van der Waals surface area contributed by atoms with Crippen molar-refractivity contribution in [3.05, 3.63) is 23.3 Å². The predicted octanol–water partition coefficient (Wildman–Crippen LogP) is 6.28. The van der Waals surface area contributed by atoms with Gasteiger partial charge in [0.1, 0.15) is 0 Å². The van der Waals surface area contributed by atoms with E-state index in [9.17, 15) is 10.2 Å². The fourth-order valence-corrected chi connectivity index (χ4v) is 8.50. The van der Waals surface area contributed by atoms with E-state index in [4.69, 9.17) is 0 Å². The van der Waals surface area contributed by atoms with E-state index >= 15 is 0 Å². The summed E-state index contributed by atoms with van der Waals surface area (Å²) in [5.74, 6) is 4.00. The fourth-order valence-electron chi connectivity index (χ4n) is 8.50. The Morgan fingerprint density at radius 3 is 2.62 bits per heavy atom. The highest BCUT2D eigenvalue weighted by Gasteiger charge is 2.59. The molecule has 3 saturated carbocycles. The second-order valence-electron chi connectivity index (χ2n) is 11.9. The Kier molecular flexibility index (Phi) is 5.84. The molecule has 0 aromatic heterocycles. The zero-order valence-electron chi connectivity index (χ0n) is 19.5. The zero-order chi connectivity index (χ0) is 21.0. The summed E-state index contributed by atoms with van der Waals surface area (Å²) in [5, 5.41) is 20.7. The van der Waals surface area contributed by atoms with Crippen LogP contribution in [-0.2, 0) is 0 Å². The zero-order valence-corrected chi connectivity index (χ0v) is 19.5. The van der Waals surface area contributed by atoms with E-state index in [1.807, 2.05) is 0 Å². The maximum atomic E-state index is 10.5. The van der Waals surface area contributed by atoms with Gasteiger partial charge in [0.25, 0.3) is 0 Å². The van der Waals surface area contributed by atoms with E-state index in [-0.39, 0.29) is 5.41 Å². The summed E-state index contributed by atoms with van der Waals surface area (Å²) < 4.78 is 0. The molecule has 0 spiro atoms. The molecule has 4 aliphatic rings. The van der Waals surface area contributed by atoms with Crippen molar-refractivity contribution in [2.45, 2.75) is 105 Å². The van der Waals surface area contributed by atoms with Crippen LogP contribution in [0.1, 0.15) is 92.4 Å². The molecule has 0 radical (unpaired) electrons. The van der Waals surface area contributed by atoms with Crippen molar-refractivity contribution in [1.29, 1.82) is 0 Å². The van der Waals surface area contributed by atoms with Crippen LogP contribution in [0, 0.1) is 40.4 Å². The van der Waals surface area contributed by atoms with Gasteiger partial charge in [0.2, 0.25) is 0 Å². The molecular weight excluding hydrogens is 356 g/mol. The quantitative estimate of drug-likeness (QED) is 0.545. The van der Waals surface area contributed by atoms with E-state index in [2.05, 4.69) is 46.8 Å². The van der Waals surface area contributed by atoms with Gasteiger partial charge < -0.3 is 10.2 Å². The van der Waals surface area contributed by atoms with Crippen LogP contribution in [0.3, 0.4) is 0 Å². The van der Waals surface area contributed by atoms with Crippen molar-refractivity contribution < 1.29 is 10.2 Å². The Morgan fingerprint density at radius 1 is 1.14 bits per heavy atom. The van der Waals surface area contributed by atoms with Crippen LogP contribution in [0.25, 0.3) is 0 Å². The van der Waals surface area contributed by atoms with Gasteiger partial charge in [-0.2, -0.15) is 0 Å². The third-order valence-corrected chi connectivity index (χ3v) is 10.1. The van der Waals surface area contributed by atoms with Crippen molar-refractivity contribution in [1.82, 2.24) is 0 Å². The van der Waals surface area contributed by atoms with Gasteiger partial charge in [-0.15, -0.1) is 0 Å². The van der Waals surface area contributed by atoms with Gasteiger partial charge in [0, 0.05) is 0 Å². The maximum Gasteiger partial charge on any atom is 0.0836 e. The van der Waals surface area contributed by atoms with Crippen LogP contribution < -0.4 is 0 Å². The van der Waals surface area contributed by atoms with Crippen LogP contribution >= 0.6 is 0 Å². The molecule has 0 aromatic rings. The fraction of sp³-hybridized carbons (Fsp3) is 0.852. The molecule has 4 rings (SSSR count). The third kappa shape index (κ3) is 3.57. The summed E-state index contributed by atoms with van der Waals surface area (Å²) in [6.07, 6.45) is 14.5. The van der Waals surface area contributed by atoms with E-state index in [0.29, 0.717) is 17.8 Å². The molecule has 0 amide bonds. The number of rotatable bonds is 4. The third-order valence-electron chi connectivity index (χ3n) is 10.1. The average molecular weight is 401 g/mol. The minimum absolute atomic E-state index is 0.107. The Morgan fingerprint density at radius 2 is 1.90 bits per heavy atom. The first-order chi connectivity index (χ1) is 13.7.